The van der Waals surface area contributed by atoms with Gasteiger partial charge >= 0.3 is 11.9 Å². The van der Waals surface area contributed by atoms with Crippen molar-refractivity contribution in [2.24, 2.45) is 0 Å². The van der Waals surface area contributed by atoms with Gasteiger partial charge in [-0.1, -0.05) is 79.7 Å². The van der Waals surface area contributed by atoms with Gasteiger partial charge < -0.3 is 25.4 Å². The van der Waals surface area contributed by atoms with E-state index in [1.165, 1.54) is 111 Å². The van der Waals surface area contributed by atoms with E-state index in [0.29, 0.717) is 26.3 Å². The highest BCUT2D eigenvalue weighted by Gasteiger charge is 2.14. The van der Waals surface area contributed by atoms with Gasteiger partial charge in [-0.15, -0.1) is 0 Å². The first-order valence-electron chi connectivity index (χ1n) is 21.3. The van der Waals surface area contributed by atoms with Crippen LogP contribution in [0.15, 0.2) is 72.8 Å². The summed E-state index contributed by atoms with van der Waals surface area (Å²) in [6.45, 7) is 21.3. The molecule has 3 aliphatic heterocycles. The van der Waals surface area contributed by atoms with Gasteiger partial charge in [0.15, 0.2) is 0 Å². The summed E-state index contributed by atoms with van der Waals surface area (Å²) in [7, 11) is 0. The van der Waals surface area contributed by atoms with Crippen LogP contribution in [0.4, 0.5) is 0 Å². The average Bonchev–Trinajstić information content (AvgIpc) is 4.03. The topological polar surface area (TPSA) is 98.4 Å². The molecule has 10 heteroatoms. The molecule has 3 aliphatic rings. The van der Waals surface area contributed by atoms with Gasteiger partial charge in [0.1, 0.15) is 0 Å². The predicted octanol–water partition coefficient (Wildman–Crippen LogP) is 6.26. The molecule has 3 saturated heterocycles. The number of likely N-dealkylation sites (tertiary alicyclic amines) is 3. The van der Waals surface area contributed by atoms with Gasteiger partial charge in [0, 0.05) is 39.3 Å². The Balaban J connectivity index is 0.000000188. The molecule has 0 aliphatic carbocycles. The van der Waals surface area contributed by atoms with Crippen molar-refractivity contribution in [2.75, 3.05) is 72.1 Å². The van der Waals surface area contributed by atoms with Crippen LogP contribution in [-0.4, -0.2) is 98.8 Å². The fourth-order valence-corrected chi connectivity index (χ4v) is 7.37. The minimum atomic E-state index is -0.196. The van der Waals surface area contributed by atoms with Crippen LogP contribution < -0.4 is 16.0 Å². The monoisotopic (exact) mass is 771 g/mol. The molecule has 0 unspecified atom stereocenters. The number of nitrogens with zero attached hydrogens (tertiary/aromatic N) is 3. The minimum Gasteiger partial charge on any atom is -0.465 e. The van der Waals surface area contributed by atoms with Crippen molar-refractivity contribution in [3.63, 3.8) is 0 Å². The Morgan fingerprint density at radius 2 is 0.964 bits per heavy atom. The van der Waals surface area contributed by atoms with Crippen LogP contribution in [0.3, 0.4) is 0 Å². The summed E-state index contributed by atoms with van der Waals surface area (Å²) < 4.78 is 9.75. The third kappa shape index (κ3) is 18.1. The second-order valence-electron chi connectivity index (χ2n) is 15.0. The molecule has 10 nitrogen and oxygen atoms in total. The van der Waals surface area contributed by atoms with E-state index >= 15 is 0 Å². The molecular weight excluding hydrogens is 701 g/mol. The molecule has 308 valence electrons. The normalized spacial score (nSPS) is 15.8. The highest BCUT2D eigenvalue weighted by Crippen LogP contribution is 2.17. The maximum atomic E-state index is 11.2. The van der Waals surface area contributed by atoms with Crippen LogP contribution in [0.1, 0.15) is 92.7 Å². The molecule has 0 spiro atoms. The van der Waals surface area contributed by atoms with E-state index in [1.54, 1.807) is 0 Å². The van der Waals surface area contributed by atoms with Gasteiger partial charge in [-0.3, -0.25) is 24.3 Å². The fourth-order valence-electron chi connectivity index (χ4n) is 7.37. The van der Waals surface area contributed by atoms with Crippen LogP contribution in [-0.2, 0) is 58.3 Å². The highest BCUT2D eigenvalue weighted by molar-refractivity contribution is 5.71. The number of carbonyl (C=O) groups is 2. The summed E-state index contributed by atoms with van der Waals surface area (Å²) in [5.74, 6) is -0.390. The van der Waals surface area contributed by atoms with Crippen LogP contribution in [0.5, 0.6) is 0 Å². The van der Waals surface area contributed by atoms with Crippen molar-refractivity contribution in [1.29, 1.82) is 0 Å². The molecule has 0 amide bonds. The highest BCUT2D eigenvalue weighted by atomic mass is 16.5. The van der Waals surface area contributed by atoms with Crippen molar-refractivity contribution in [1.82, 2.24) is 30.7 Å². The average molecular weight is 771 g/mol. The van der Waals surface area contributed by atoms with Crippen LogP contribution in [0.25, 0.3) is 0 Å². The van der Waals surface area contributed by atoms with E-state index in [9.17, 15) is 9.59 Å². The zero-order valence-electron chi connectivity index (χ0n) is 34.7. The van der Waals surface area contributed by atoms with Crippen LogP contribution >= 0.6 is 0 Å². The Kier molecular flexibility index (Phi) is 21.8. The first kappa shape index (κ1) is 45.1. The number of benzene rings is 3. The Hall–Kier alpha value is -3.64. The van der Waals surface area contributed by atoms with E-state index in [4.69, 9.17) is 9.47 Å². The zero-order chi connectivity index (χ0) is 39.6. The molecule has 0 saturated carbocycles. The van der Waals surface area contributed by atoms with Gasteiger partial charge in [0.2, 0.25) is 0 Å². The van der Waals surface area contributed by atoms with E-state index in [1.807, 2.05) is 13.8 Å². The van der Waals surface area contributed by atoms with Gasteiger partial charge in [-0.25, -0.2) is 0 Å². The van der Waals surface area contributed by atoms with E-state index < -0.39 is 0 Å². The SMILES string of the molecule is CCNCc1ccccc1CN1CCCC1.CCOC(=O)CNCc1ccc(CN2CCCC2)cc1.CCOC(=O)CNCc1cccc(CN2CCCC2)c1. The molecular formula is C46H70N6O4. The molecule has 6 rings (SSSR count). The number of esters is 2. The van der Waals surface area contributed by atoms with Crippen molar-refractivity contribution in [3.8, 4) is 0 Å². The third-order valence-corrected chi connectivity index (χ3v) is 10.3. The first-order chi connectivity index (χ1) is 27.4. The smallest absolute Gasteiger partial charge is 0.319 e. The van der Waals surface area contributed by atoms with E-state index in [-0.39, 0.29) is 25.0 Å². The second-order valence-corrected chi connectivity index (χ2v) is 15.0. The standard InChI is InChI=1S/2C16H24N2O2.C14H22N2/c1-2-20-16(19)12-17-11-14-5-7-15(8-6-14)13-18-9-3-4-10-18;1-2-20-16(19)12-17-11-14-6-5-7-15(10-14)13-18-8-3-4-9-18;1-2-15-11-13-7-3-4-8-14(13)12-16-9-5-6-10-16/h5-8,17H,2-4,9-13H2,1H3;5-7,10,17H,2-4,8-9,11-13H2,1H3;3-4,7-8,15H,2,5-6,9-12H2,1H3. The van der Waals surface area contributed by atoms with Crippen molar-refractivity contribution in [3.05, 3.63) is 106 Å². The van der Waals surface area contributed by atoms with E-state index in [0.717, 1.165) is 32.7 Å². The molecule has 0 aromatic heterocycles. The quantitative estimate of drug-likeness (QED) is 0.121. The molecule has 3 heterocycles. The number of hydrogen-bond acceptors (Lipinski definition) is 10. The molecule has 3 aromatic rings. The largest absolute Gasteiger partial charge is 0.465 e. The maximum Gasteiger partial charge on any atom is 0.319 e. The number of carbonyl (C=O) groups excluding carboxylic acids is 2. The van der Waals surface area contributed by atoms with E-state index in [2.05, 4.69) is 110 Å². The number of nitrogens with one attached hydrogen (secondary N) is 3. The Morgan fingerprint density at radius 3 is 1.50 bits per heavy atom. The Labute approximate surface area is 337 Å². The van der Waals surface area contributed by atoms with Crippen molar-refractivity contribution < 1.29 is 19.1 Å². The number of hydrogen-bond donors (Lipinski definition) is 3. The van der Waals surface area contributed by atoms with Crippen LogP contribution in [0.2, 0.25) is 0 Å². The predicted molar refractivity (Wildman–Crippen MR) is 227 cm³/mol. The molecule has 3 N–H and O–H groups in total. The zero-order valence-corrected chi connectivity index (χ0v) is 34.7. The molecule has 3 fully saturated rings. The lowest BCUT2D eigenvalue weighted by Crippen LogP contribution is -2.24. The fraction of sp³-hybridized carbons (Fsp3) is 0.565. The molecule has 0 bridgehead atoms. The molecule has 3 aromatic carbocycles. The third-order valence-electron chi connectivity index (χ3n) is 10.3. The summed E-state index contributed by atoms with van der Waals surface area (Å²) in [5, 5.41) is 9.62. The summed E-state index contributed by atoms with van der Waals surface area (Å²) in [4.78, 5) is 30.0. The van der Waals surface area contributed by atoms with Gasteiger partial charge in [0.25, 0.3) is 0 Å². The van der Waals surface area contributed by atoms with Gasteiger partial charge in [0.05, 0.1) is 26.3 Å². The van der Waals surface area contributed by atoms with Gasteiger partial charge in [-0.05, 0) is 132 Å². The Bertz CT molecular complexity index is 1520. The lowest BCUT2D eigenvalue weighted by atomic mass is 10.1. The Morgan fingerprint density at radius 1 is 0.500 bits per heavy atom. The molecule has 0 radical (unpaired) electrons. The van der Waals surface area contributed by atoms with Crippen molar-refractivity contribution in [2.45, 2.75) is 98.6 Å². The van der Waals surface area contributed by atoms with Crippen LogP contribution in [0, 0.1) is 0 Å². The lowest BCUT2D eigenvalue weighted by molar-refractivity contribution is -0.142. The first-order valence-corrected chi connectivity index (χ1v) is 21.3. The second kappa shape index (κ2) is 27.1. The number of ether oxygens (including phenoxy) is 2. The lowest BCUT2D eigenvalue weighted by Gasteiger charge is -2.17. The number of rotatable bonds is 19. The maximum absolute atomic E-state index is 11.2. The minimum absolute atomic E-state index is 0.194. The summed E-state index contributed by atoms with van der Waals surface area (Å²) in [6.07, 6.45) is 8.04. The van der Waals surface area contributed by atoms with Crippen molar-refractivity contribution >= 4 is 11.9 Å². The molecule has 56 heavy (non-hydrogen) atoms. The summed E-state index contributed by atoms with van der Waals surface area (Å²) >= 11 is 0. The molecule has 0 atom stereocenters. The summed E-state index contributed by atoms with van der Waals surface area (Å²) in [5.41, 5.74) is 8.07. The van der Waals surface area contributed by atoms with Gasteiger partial charge in [-0.2, -0.15) is 0 Å². The summed E-state index contributed by atoms with van der Waals surface area (Å²) in [6, 6.07) is 26.0.